The van der Waals surface area contributed by atoms with Gasteiger partial charge in [-0.1, -0.05) is 24.3 Å². The molecule has 0 atom stereocenters. The normalized spacial score (nSPS) is 11.5. The summed E-state index contributed by atoms with van der Waals surface area (Å²) in [6.07, 6.45) is 2.43. The van der Waals surface area contributed by atoms with E-state index < -0.39 is 30.0 Å². The second kappa shape index (κ2) is 15.2. The van der Waals surface area contributed by atoms with E-state index in [2.05, 4.69) is 40.5 Å². The van der Waals surface area contributed by atoms with E-state index in [0.717, 1.165) is 12.1 Å². The summed E-state index contributed by atoms with van der Waals surface area (Å²) in [5, 5.41) is 4.50. The van der Waals surface area contributed by atoms with Gasteiger partial charge in [-0.05, 0) is 81.8 Å². The minimum atomic E-state index is -4.77. The first kappa shape index (κ1) is 37.0. The van der Waals surface area contributed by atoms with Gasteiger partial charge in [0.1, 0.15) is 9.79 Å². The Morgan fingerprint density at radius 1 is 0.571 bits per heavy atom. The van der Waals surface area contributed by atoms with Crippen LogP contribution in [-0.2, 0) is 20.2 Å². The Morgan fingerprint density at radius 3 is 1.17 bits per heavy atom. The first-order valence-corrected chi connectivity index (χ1v) is 14.7. The van der Waals surface area contributed by atoms with Gasteiger partial charge in [0.2, 0.25) is 33.0 Å². The van der Waals surface area contributed by atoms with E-state index in [1.165, 1.54) is 36.4 Å². The van der Waals surface area contributed by atoms with Gasteiger partial charge < -0.3 is 10.6 Å². The first-order chi connectivity index (χ1) is 18.7. The van der Waals surface area contributed by atoms with Crippen LogP contribution in [0.5, 0.6) is 0 Å². The molecule has 4 aromatic rings. The predicted octanol–water partition coefficient (Wildman–Crippen LogP) is 3.52. The minimum absolute atomic E-state index is 0. The molecule has 212 valence electrons. The summed E-state index contributed by atoms with van der Waals surface area (Å²) in [5.74, 6) is -0.189. The third-order valence-electron chi connectivity index (χ3n) is 4.70. The molecule has 0 spiro atoms. The maximum absolute atomic E-state index is 12.1. The molecule has 0 aliphatic carbocycles. The number of nitrogens with zero attached hydrogens (tertiary/aromatic N) is 6. The van der Waals surface area contributed by atoms with Crippen molar-refractivity contribution in [2.45, 2.75) is 9.79 Å². The number of aromatic nitrogens is 6. The van der Waals surface area contributed by atoms with Gasteiger partial charge in [-0.25, -0.2) is 0 Å². The number of benzene rings is 2. The Labute approximate surface area is 302 Å². The molecule has 0 radical (unpaired) electrons. The molecule has 0 bridgehead atoms. The Kier molecular flexibility index (Phi) is 13.4. The third-order valence-corrected chi connectivity index (χ3v) is 7.19. The molecule has 0 aliphatic heterocycles. The van der Waals surface area contributed by atoms with Gasteiger partial charge in [0, 0.05) is 11.4 Å². The average Bonchev–Trinajstić information content (AvgIpc) is 2.81. The molecule has 0 saturated carbocycles. The zero-order valence-corrected chi connectivity index (χ0v) is 23.8. The topological polar surface area (TPSA) is 210 Å². The van der Waals surface area contributed by atoms with E-state index in [1.807, 2.05) is 0 Å². The number of rotatable bonds is 8. The summed E-state index contributed by atoms with van der Waals surface area (Å²) in [6, 6.07) is 7.60. The van der Waals surface area contributed by atoms with Crippen molar-refractivity contribution >= 4 is 161 Å². The molecule has 4 N–H and O–H groups in total. The van der Waals surface area contributed by atoms with Crippen LogP contribution in [0.4, 0.5) is 23.3 Å². The van der Waals surface area contributed by atoms with Crippen molar-refractivity contribution in [2.75, 3.05) is 10.6 Å². The molecule has 0 aliphatic rings. The molecule has 42 heavy (non-hydrogen) atoms. The third kappa shape index (κ3) is 10.2. The molecule has 2 aromatic carbocycles. The fourth-order valence-electron chi connectivity index (χ4n) is 3.15. The van der Waals surface area contributed by atoms with Gasteiger partial charge in [-0.3, -0.25) is 9.11 Å². The van der Waals surface area contributed by atoms with Crippen molar-refractivity contribution in [2.24, 2.45) is 0 Å². The number of hydrogen-bond donors (Lipinski definition) is 4. The quantitative estimate of drug-likeness (QED) is 0.117. The summed E-state index contributed by atoms with van der Waals surface area (Å²) in [6.45, 7) is 0. The Hall–Kier alpha value is -1.22. The molecule has 0 unspecified atom stereocenters. The van der Waals surface area contributed by atoms with Crippen LogP contribution >= 0.6 is 46.4 Å². The summed E-state index contributed by atoms with van der Waals surface area (Å²) in [7, 11) is -9.54. The van der Waals surface area contributed by atoms with E-state index >= 15 is 0 Å². The van der Waals surface area contributed by atoms with Gasteiger partial charge in [-0.2, -0.15) is 46.7 Å². The Balaban J connectivity index is 0.00000308. The maximum atomic E-state index is 12.1. The SMILES string of the molecule is O=S(=O)(O)c1cc(Nc2nc(Cl)nc(Cl)n2)ccc1C=Cc1ccc(Nc2nc(Cl)nc(Cl)n2)cc1S(=O)(=O)O.[NaH].[NaH]. The van der Waals surface area contributed by atoms with Crippen LogP contribution in [-0.4, -0.2) is 115 Å². The second-order valence-electron chi connectivity index (χ2n) is 7.43. The zero-order chi connectivity index (χ0) is 29.2. The van der Waals surface area contributed by atoms with Gasteiger partial charge in [0.25, 0.3) is 20.2 Å². The van der Waals surface area contributed by atoms with Gasteiger partial charge in [0.05, 0.1) is 0 Å². The molecule has 2 aromatic heterocycles. The van der Waals surface area contributed by atoms with E-state index in [9.17, 15) is 25.9 Å². The molecule has 0 saturated heterocycles. The summed E-state index contributed by atoms with van der Waals surface area (Å²) >= 11 is 22.9. The van der Waals surface area contributed by atoms with Crippen molar-refractivity contribution in [3.05, 3.63) is 68.7 Å². The predicted molar refractivity (Wildman–Crippen MR) is 162 cm³/mol. The van der Waals surface area contributed by atoms with Crippen LogP contribution in [0.25, 0.3) is 12.2 Å². The molecule has 22 heteroatoms. The van der Waals surface area contributed by atoms with Crippen LogP contribution in [0.1, 0.15) is 11.1 Å². The fourth-order valence-corrected chi connectivity index (χ4v) is 5.29. The number of hydrogen-bond acceptors (Lipinski definition) is 12. The molecular formula is C20H14Cl4N8Na2O6S2. The average molecular weight is 714 g/mol. The molecule has 4 rings (SSSR count). The van der Waals surface area contributed by atoms with E-state index in [0.29, 0.717) is 0 Å². The van der Waals surface area contributed by atoms with Crippen molar-refractivity contribution in [1.29, 1.82) is 0 Å². The van der Waals surface area contributed by atoms with Crippen molar-refractivity contribution in [3.63, 3.8) is 0 Å². The molecule has 14 nitrogen and oxygen atoms in total. The fraction of sp³-hybridized carbons (Fsp3) is 0. The Morgan fingerprint density at radius 2 is 0.881 bits per heavy atom. The van der Waals surface area contributed by atoms with Gasteiger partial charge >= 0.3 is 59.1 Å². The molecular weight excluding hydrogens is 700 g/mol. The molecule has 0 amide bonds. The number of halogens is 4. The number of nitrogens with one attached hydrogen (secondary N) is 2. The standard InChI is InChI=1S/C20H12Cl4N8O6S2.2Na.2H/c21-15-27-16(22)30-19(29-15)25-11-5-3-9(13(7-11)39(33,34)35)1-2-10-4-6-12(8-14(10)40(36,37)38)26-20-31-17(23)28-18(24)32-20;;;;/h1-8H,(H,33,34,35)(H,36,37,38)(H,25,27,29,30)(H,26,28,31,32);;;;. The van der Waals surface area contributed by atoms with Crippen LogP contribution < -0.4 is 10.6 Å². The van der Waals surface area contributed by atoms with Crippen LogP contribution in [0.15, 0.2) is 46.2 Å². The Bertz CT molecular complexity index is 1710. The van der Waals surface area contributed by atoms with Gasteiger partial charge in [-0.15, -0.1) is 0 Å². The number of anilines is 4. The monoisotopic (exact) mass is 712 g/mol. The van der Waals surface area contributed by atoms with Crippen molar-refractivity contribution in [1.82, 2.24) is 29.9 Å². The van der Waals surface area contributed by atoms with Gasteiger partial charge in [0.15, 0.2) is 0 Å². The summed E-state index contributed by atoms with van der Waals surface area (Å²) < 4.78 is 68.0. The first-order valence-electron chi connectivity index (χ1n) is 10.3. The van der Waals surface area contributed by atoms with Crippen LogP contribution in [0, 0.1) is 0 Å². The van der Waals surface area contributed by atoms with E-state index in [1.54, 1.807) is 0 Å². The second-order valence-corrected chi connectivity index (χ2v) is 11.6. The van der Waals surface area contributed by atoms with Crippen LogP contribution in [0.3, 0.4) is 0 Å². The zero-order valence-electron chi connectivity index (χ0n) is 19.2. The summed E-state index contributed by atoms with van der Waals surface area (Å²) in [5.41, 5.74) is 0.210. The van der Waals surface area contributed by atoms with Crippen molar-refractivity contribution < 1.29 is 25.9 Å². The van der Waals surface area contributed by atoms with Crippen LogP contribution in [0.2, 0.25) is 21.1 Å². The molecule has 2 heterocycles. The van der Waals surface area contributed by atoms with Crippen molar-refractivity contribution in [3.8, 4) is 0 Å². The molecule has 0 fully saturated rings. The van der Waals surface area contributed by atoms with E-state index in [4.69, 9.17) is 46.4 Å². The summed E-state index contributed by atoms with van der Waals surface area (Å²) in [4.78, 5) is 21.3. The van der Waals surface area contributed by atoms with E-state index in [-0.39, 0.29) is 115 Å².